The maximum atomic E-state index is 9.72. The first kappa shape index (κ1) is 12.0. The van der Waals surface area contributed by atoms with Crippen LogP contribution in [0.3, 0.4) is 0 Å². The van der Waals surface area contributed by atoms with Gasteiger partial charge in [-0.05, 0) is 30.2 Å². The van der Waals surface area contributed by atoms with Crippen LogP contribution in [0.25, 0.3) is 0 Å². The van der Waals surface area contributed by atoms with Gasteiger partial charge in [-0.3, -0.25) is 0 Å². The van der Waals surface area contributed by atoms with Gasteiger partial charge >= 0.3 is 0 Å². The topological polar surface area (TPSA) is 64.2 Å². The van der Waals surface area contributed by atoms with Gasteiger partial charge in [-0.25, -0.2) is 0 Å². The summed E-state index contributed by atoms with van der Waals surface area (Å²) in [5.41, 5.74) is 1.90. The Morgan fingerprint density at radius 1 is 1.47 bits per heavy atom. The normalized spacial score (nSPS) is 14.3. The summed E-state index contributed by atoms with van der Waals surface area (Å²) in [6.45, 7) is 1.78. The molecule has 2 unspecified atom stereocenters. The molecule has 0 bridgehead atoms. The van der Waals surface area contributed by atoms with Crippen LogP contribution in [0.4, 0.5) is 0 Å². The largest absolute Gasteiger partial charge is 0.389 e. The molecule has 0 heterocycles. The molecule has 2 atom stereocenters. The molecule has 0 spiro atoms. The summed E-state index contributed by atoms with van der Waals surface area (Å²) in [6, 6.07) is 6.91. The van der Waals surface area contributed by atoms with Gasteiger partial charge in [0.1, 0.15) is 6.10 Å². The maximum Gasteiger partial charge on any atom is 0.106 e. The minimum Gasteiger partial charge on any atom is -0.389 e. The third-order valence-electron chi connectivity index (χ3n) is 2.24. The summed E-state index contributed by atoms with van der Waals surface area (Å²) >= 11 is 5.45. The zero-order valence-corrected chi connectivity index (χ0v) is 9.07. The van der Waals surface area contributed by atoms with Crippen molar-refractivity contribution in [3.63, 3.8) is 0 Å². The van der Waals surface area contributed by atoms with Crippen molar-refractivity contribution in [1.29, 1.82) is 5.26 Å². The minimum atomic E-state index is -1.00. The number of rotatable bonds is 3. The monoisotopic (exact) mass is 225 g/mol. The number of hydrogen-bond acceptors (Lipinski definition) is 3. The van der Waals surface area contributed by atoms with E-state index in [-0.39, 0.29) is 5.88 Å². The first-order valence-corrected chi connectivity index (χ1v) is 5.06. The molecule has 0 radical (unpaired) electrons. The lowest BCUT2D eigenvalue weighted by molar-refractivity contribution is 0.0323. The number of alkyl halides is 1. The average molecular weight is 226 g/mol. The molecule has 0 saturated heterocycles. The number of nitriles is 1. The zero-order valence-electron chi connectivity index (χ0n) is 8.31. The molecule has 4 heteroatoms. The third kappa shape index (κ3) is 2.69. The van der Waals surface area contributed by atoms with Crippen molar-refractivity contribution in [2.24, 2.45) is 0 Å². The molecule has 0 aromatic heterocycles. The Morgan fingerprint density at radius 3 is 2.60 bits per heavy atom. The molecule has 0 aliphatic heterocycles. The summed E-state index contributed by atoms with van der Waals surface area (Å²) in [4.78, 5) is 0. The molecular formula is C11H12ClNO2. The van der Waals surface area contributed by atoms with Crippen LogP contribution >= 0.6 is 11.6 Å². The minimum absolute atomic E-state index is 0.0272. The predicted octanol–water partition coefficient (Wildman–Crippen LogP) is 1.50. The second-order valence-electron chi connectivity index (χ2n) is 3.35. The number of aryl methyl sites for hydroxylation is 1. The van der Waals surface area contributed by atoms with E-state index in [9.17, 15) is 10.2 Å². The molecular weight excluding hydrogens is 214 g/mol. The van der Waals surface area contributed by atoms with E-state index in [1.165, 1.54) is 0 Å². The molecule has 0 aliphatic rings. The van der Waals surface area contributed by atoms with Crippen molar-refractivity contribution in [2.75, 3.05) is 5.88 Å². The van der Waals surface area contributed by atoms with E-state index >= 15 is 0 Å². The molecule has 1 aromatic carbocycles. The van der Waals surface area contributed by atoms with Gasteiger partial charge in [-0.2, -0.15) is 5.26 Å². The van der Waals surface area contributed by atoms with Crippen molar-refractivity contribution in [3.8, 4) is 6.07 Å². The van der Waals surface area contributed by atoms with E-state index in [1.54, 1.807) is 25.1 Å². The Balaban J connectivity index is 3.01. The molecule has 1 rings (SSSR count). The van der Waals surface area contributed by atoms with Gasteiger partial charge in [0.25, 0.3) is 0 Å². The fraction of sp³-hybridized carbons (Fsp3) is 0.364. The quantitative estimate of drug-likeness (QED) is 0.767. The van der Waals surface area contributed by atoms with Crippen LogP contribution < -0.4 is 0 Å². The number of aliphatic hydroxyl groups excluding tert-OH is 2. The van der Waals surface area contributed by atoms with Crippen LogP contribution in [-0.2, 0) is 0 Å². The Morgan fingerprint density at radius 2 is 2.13 bits per heavy atom. The van der Waals surface area contributed by atoms with Crippen LogP contribution in [0, 0.1) is 18.3 Å². The molecule has 0 fully saturated rings. The lowest BCUT2D eigenvalue weighted by atomic mass is 9.98. The first-order valence-electron chi connectivity index (χ1n) is 4.53. The number of nitrogens with zero attached hydrogens (tertiary/aromatic N) is 1. The zero-order chi connectivity index (χ0) is 11.4. The van der Waals surface area contributed by atoms with E-state index < -0.39 is 12.2 Å². The molecule has 80 valence electrons. The lowest BCUT2D eigenvalue weighted by Crippen LogP contribution is -2.20. The highest BCUT2D eigenvalue weighted by Gasteiger charge is 2.18. The molecule has 3 nitrogen and oxygen atoms in total. The Bertz CT molecular complexity index is 387. The van der Waals surface area contributed by atoms with Crippen molar-refractivity contribution >= 4 is 11.6 Å². The van der Waals surface area contributed by atoms with Crippen molar-refractivity contribution < 1.29 is 10.2 Å². The highest BCUT2D eigenvalue weighted by atomic mass is 35.5. The van der Waals surface area contributed by atoms with E-state index in [0.29, 0.717) is 11.1 Å². The number of aliphatic hydroxyl groups is 2. The van der Waals surface area contributed by atoms with Crippen LogP contribution in [0.15, 0.2) is 18.2 Å². The van der Waals surface area contributed by atoms with Gasteiger partial charge in [-0.1, -0.05) is 6.07 Å². The standard InChI is InChI=1S/C11H12ClNO2/c1-7-4-8(6-13)2-3-9(7)11(15)10(14)5-12/h2-4,10-11,14-15H,5H2,1H3. The number of hydrogen-bond donors (Lipinski definition) is 2. The molecule has 0 saturated carbocycles. The molecule has 1 aromatic rings. The average Bonchev–Trinajstić information content (AvgIpc) is 2.26. The highest BCUT2D eigenvalue weighted by Crippen LogP contribution is 2.22. The predicted molar refractivity (Wildman–Crippen MR) is 57.6 cm³/mol. The SMILES string of the molecule is Cc1cc(C#N)ccc1C(O)C(O)CCl. The van der Waals surface area contributed by atoms with Gasteiger partial charge in [-0.15, -0.1) is 11.6 Å². The second-order valence-corrected chi connectivity index (χ2v) is 3.66. The second kappa shape index (κ2) is 5.13. The third-order valence-corrected chi connectivity index (χ3v) is 2.56. The Labute approximate surface area is 93.5 Å². The van der Waals surface area contributed by atoms with Gasteiger partial charge < -0.3 is 10.2 Å². The fourth-order valence-electron chi connectivity index (χ4n) is 1.37. The summed E-state index contributed by atoms with van der Waals surface area (Å²) in [5, 5.41) is 27.8. The van der Waals surface area contributed by atoms with E-state index in [0.717, 1.165) is 5.56 Å². The molecule has 0 amide bonds. The van der Waals surface area contributed by atoms with Crippen LogP contribution in [0.1, 0.15) is 22.8 Å². The summed E-state index contributed by atoms with van der Waals surface area (Å²) in [7, 11) is 0. The van der Waals surface area contributed by atoms with E-state index in [4.69, 9.17) is 16.9 Å². The number of halogens is 1. The molecule has 15 heavy (non-hydrogen) atoms. The van der Waals surface area contributed by atoms with Crippen molar-refractivity contribution in [2.45, 2.75) is 19.1 Å². The molecule has 2 N–H and O–H groups in total. The van der Waals surface area contributed by atoms with Crippen LogP contribution in [-0.4, -0.2) is 22.2 Å². The summed E-state index contributed by atoms with van der Waals surface area (Å²) < 4.78 is 0. The number of benzene rings is 1. The summed E-state index contributed by atoms with van der Waals surface area (Å²) in [6.07, 6.45) is -1.99. The van der Waals surface area contributed by atoms with Crippen LogP contribution in [0.2, 0.25) is 0 Å². The highest BCUT2D eigenvalue weighted by molar-refractivity contribution is 6.18. The van der Waals surface area contributed by atoms with Gasteiger partial charge in [0.15, 0.2) is 0 Å². The van der Waals surface area contributed by atoms with Crippen LogP contribution in [0.5, 0.6) is 0 Å². The van der Waals surface area contributed by atoms with Crippen molar-refractivity contribution in [1.82, 2.24) is 0 Å². The van der Waals surface area contributed by atoms with Gasteiger partial charge in [0.05, 0.1) is 23.6 Å². The summed E-state index contributed by atoms with van der Waals surface area (Å²) in [5.74, 6) is -0.0272. The maximum absolute atomic E-state index is 9.72. The van der Waals surface area contributed by atoms with E-state index in [2.05, 4.69) is 0 Å². The smallest absolute Gasteiger partial charge is 0.106 e. The fourth-order valence-corrected chi connectivity index (χ4v) is 1.54. The van der Waals surface area contributed by atoms with Gasteiger partial charge in [0.2, 0.25) is 0 Å². The van der Waals surface area contributed by atoms with Gasteiger partial charge in [0, 0.05) is 0 Å². The Hall–Kier alpha value is -1.08. The van der Waals surface area contributed by atoms with E-state index in [1.807, 2.05) is 6.07 Å². The molecule has 0 aliphatic carbocycles. The Kier molecular flexibility index (Phi) is 4.10. The van der Waals surface area contributed by atoms with Crippen molar-refractivity contribution in [3.05, 3.63) is 34.9 Å². The first-order chi connectivity index (χ1) is 7.10. The lowest BCUT2D eigenvalue weighted by Gasteiger charge is -2.17.